The molecule has 0 saturated heterocycles. The summed E-state index contributed by atoms with van der Waals surface area (Å²) < 4.78 is 0.0886. The third-order valence-corrected chi connectivity index (χ3v) is 5.65. The molecule has 0 aromatic carbocycles. The second kappa shape index (κ2) is 8.79. The van der Waals surface area contributed by atoms with Crippen LogP contribution in [-0.4, -0.2) is 51.7 Å². The minimum Gasteiger partial charge on any atom is -0.349 e. The van der Waals surface area contributed by atoms with Crippen molar-refractivity contribution in [2.75, 3.05) is 19.4 Å². The molecule has 3 atom stereocenters. The fraction of sp³-hybridized carbons (Fsp3) is 0.500. The third kappa shape index (κ3) is 5.53. The van der Waals surface area contributed by atoms with Crippen LogP contribution in [0.1, 0.15) is 19.3 Å². The zero-order chi connectivity index (χ0) is 18.6. The van der Waals surface area contributed by atoms with Gasteiger partial charge in [0.2, 0.25) is 5.91 Å². The van der Waals surface area contributed by atoms with Gasteiger partial charge < -0.3 is 15.5 Å². The largest absolute Gasteiger partial charge is 0.349 e. The van der Waals surface area contributed by atoms with Gasteiger partial charge in [-0.3, -0.25) is 14.4 Å². The molecule has 0 unspecified atom stereocenters. The van der Waals surface area contributed by atoms with E-state index in [9.17, 15) is 14.4 Å². The highest BCUT2D eigenvalue weighted by Crippen LogP contribution is 2.30. The van der Waals surface area contributed by atoms with E-state index >= 15 is 0 Å². The van der Waals surface area contributed by atoms with Crippen molar-refractivity contribution in [3.63, 3.8) is 0 Å². The van der Waals surface area contributed by atoms with Crippen molar-refractivity contribution >= 4 is 57.7 Å². The van der Waals surface area contributed by atoms with E-state index in [0.717, 1.165) is 0 Å². The van der Waals surface area contributed by atoms with E-state index in [4.69, 9.17) is 11.6 Å². The predicted molar refractivity (Wildman–Crippen MR) is 104 cm³/mol. The number of hydrogen-bond acceptors (Lipinski definition) is 4. The Morgan fingerprint density at radius 1 is 1.24 bits per heavy atom. The van der Waals surface area contributed by atoms with Crippen molar-refractivity contribution in [2.24, 2.45) is 5.92 Å². The number of halogens is 2. The first-order valence-electron chi connectivity index (χ1n) is 7.86. The zero-order valence-electron chi connectivity index (χ0n) is 14.0. The van der Waals surface area contributed by atoms with E-state index in [1.807, 2.05) is 0 Å². The number of pyridine rings is 1. The molecule has 7 nitrogen and oxygen atoms in total. The summed E-state index contributed by atoms with van der Waals surface area (Å²) >= 11 is 7.96. The first-order chi connectivity index (χ1) is 11.8. The fourth-order valence-corrected chi connectivity index (χ4v) is 3.99. The lowest BCUT2D eigenvalue weighted by Crippen LogP contribution is -2.49. The van der Waals surface area contributed by atoms with Crippen molar-refractivity contribution in [3.8, 4) is 0 Å². The number of carbonyl (C=O) groups excluding carboxylic acids is 3. The van der Waals surface area contributed by atoms with Gasteiger partial charge in [-0.2, -0.15) is 0 Å². The molecule has 0 spiro atoms. The van der Waals surface area contributed by atoms with Crippen LogP contribution in [0.25, 0.3) is 0 Å². The Balaban J connectivity index is 1.87. The highest BCUT2D eigenvalue weighted by Gasteiger charge is 2.34. The average molecular weight is 479 g/mol. The minimum absolute atomic E-state index is 0.0304. The maximum absolute atomic E-state index is 12.1. The standard InChI is InChI=1S/C16H20ClIN4O3/c1-22(2)16(25)9-3-5-12(11(18)7-9)20-14(23)15(24)21-13-6-4-10(17)8-19-13/h4,6,8-9,11-12H,3,5,7H2,1-2H3,(H,20,23)(H,19,21,24)/t9-,11+,12-/m0/s1. The number of carbonyl (C=O) groups is 3. The van der Waals surface area contributed by atoms with Crippen LogP contribution in [-0.2, 0) is 14.4 Å². The molecule has 0 bridgehead atoms. The van der Waals surface area contributed by atoms with Gasteiger partial charge in [0, 0.05) is 36.2 Å². The Morgan fingerprint density at radius 3 is 2.52 bits per heavy atom. The van der Waals surface area contributed by atoms with Crippen LogP contribution in [0, 0.1) is 5.92 Å². The van der Waals surface area contributed by atoms with E-state index in [1.165, 1.54) is 12.3 Å². The second-order valence-electron chi connectivity index (χ2n) is 6.15. The summed E-state index contributed by atoms with van der Waals surface area (Å²) in [6.45, 7) is 0. The number of anilines is 1. The molecule has 0 aliphatic heterocycles. The van der Waals surface area contributed by atoms with Crippen LogP contribution >= 0.6 is 34.2 Å². The maximum atomic E-state index is 12.1. The Labute approximate surface area is 165 Å². The van der Waals surface area contributed by atoms with Crippen LogP contribution < -0.4 is 10.6 Å². The third-order valence-electron chi connectivity index (χ3n) is 4.05. The van der Waals surface area contributed by atoms with E-state index in [2.05, 4.69) is 38.2 Å². The Hall–Kier alpha value is -1.42. The second-order valence-corrected chi connectivity index (χ2v) is 8.19. The van der Waals surface area contributed by atoms with Crippen molar-refractivity contribution < 1.29 is 14.4 Å². The molecule has 0 radical (unpaired) electrons. The molecule has 1 fully saturated rings. The van der Waals surface area contributed by atoms with E-state index < -0.39 is 11.8 Å². The van der Waals surface area contributed by atoms with Gasteiger partial charge >= 0.3 is 11.8 Å². The molecule has 3 amide bonds. The number of amides is 3. The van der Waals surface area contributed by atoms with Gasteiger partial charge in [0.05, 0.1) is 5.02 Å². The Morgan fingerprint density at radius 2 is 1.96 bits per heavy atom. The van der Waals surface area contributed by atoms with Crippen molar-refractivity contribution in [2.45, 2.75) is 29.2 Å². The van der Waals surface area contributed by atoms with Crippen molar-refractivity contribution in [1.29, 1.82) is 0 Å². The molecule has 25 heavy (non-hydrogen) atoms. The molecule has 1 aromatic heterocycles. The molecular weight excluding hydrogens is 459 g/mol. The summed E-state index contributed by atoms with van der Waals surface area (Å²) in [6.07, 6.45) is 3.43. The van der Waals surface area contributed by atoms with E-state index in [0.29, 0.717) is 24.3 Å². The first-order valence-corrected chi connectivity index (χ1v) is 9.49. The molecule has 9 heteroatoms. The molecule has 2 N–H and O–H groups in total. The highest BCUT2D eigenvalue weighted by molar-refractivity contribution is 14.1. The van der Waals surface area contributed by atoms with Gasteiger partial charge in [-0.05, 0) is 31.4 Å². The molecule has 1 aliphatic carbocycles. The van der Waals surface area contributed by atoms with Crippen LogP contribution in [0.2, 0.25) is 5.02 Å². The lowest BCUT2D eigenvalue weighted by molar-refractivity contribution is -0.137. The molecule has 1 heterocycles. The van der Waals surface area contributed by atoms with Crippen LogP contribution in [0.4, 0.5) is 5.82 Å². The predicted octanol–water partition coefficient (Wildman–Crippen LogP) is 1.85. The highest BCUT2D eigenvalue weighted by atomic mass is 127. The molecule has 2 rings (SSSR count). The van der Waals surface area contributed by atoms with Crippen LogP contribution in [0.15, 0.2) is 18.3 Å². The van der Waals surface area contributed by atoms with Crippen molar-refractivity contribution in [3.05, 3.63) is 23.4 Å². The SMILES string of the molecule is CN(C)C(=O)[C@H]1CC[C@H](NC(=O)C(=O)Nc2ccc(Cl)cn2)[C@H](I)C1. The van der Waals surface area contributed by atoms with Crippen LogP contribution in [0.5, 0.6) is 0 Å². The summed E-state index contributed by atoms with van der Waals surface area (Å²) in [4.78, 5) is 41.7. The minimum atomic E-state index is -0.773. The van der Waals surface area contributed by atoms with Gasteiger partial charge in [0.1, 0.15) is 5.82 Å². The Kier molecular flexibility index (Phi) is 7.00. The van der Waals surface area contributed by atoms with Gasteiger partial charge in [0.15, 0.2) is 0 Å². The molecular formula is C16H20ClIN4O3. The zero-order valence-corrected chi connectivity index (χ0v) is 16.9. The topological polar surface area (TPSA) is 91.4 Å². The maximum Gasteiger partial charge on any atom is 0.314 e. The van der Waals surface area contributed by atoms with Crippen LogP contribution in [0.3, 0.4) is 0 Å². The number of alkyl halides is 1. The molecule has 1 aliphatic rings. The van der Waals surface area contributed by atoms with Crippen molar-refractivity contribution in [1.82, 2.24) is 15.2 Å². The number of nitrogens with one attached hydrogen (secondary N) is 2. The lowest BCUT2D eigenvalue weighted by Gasteiger charge is -2.33. The first kappa shape index (κ1) is 19.9. The average Bonchev–Trinajstić information content (AvgIpc) is 2.57. The van der Waals surface area contributed by atoms with Gasteiger partial charge in [0.25, 0.3) is 0 Å². The smallest absolute Gasteiger partial charge is 0.314 e. The number of hydrogen-bond donors (Lipinski definition) is 2. The molecule has 1 aromatic rings. The number of aromatic nitrogens is 1. The molecule has 1 saturated carbocycles. The number of nitrogens with zero attached hydrogens (tertiary/aromatic N) is 2. The van der Waals surface area contributed by atoms with Gasteiger partial charge in [-0.1, -0.05) is 34.2 Å². The summed E-state index contributed by atoms with van der Waals surface area (Å²) in [7, 11) is 3.49. The van der Waals surface area contributed by atoms with E-state index in [1.54, 1.807) is 25.1 Å². The normalized spacial score (nSPS) is 22.8. The monoisotopic (exact) mass is 478 g/mol. The van der Waals surface area contributed by atoms with Gasteiger partial charge in [-0.25, -0.2) is 4.98 Å². The Bertz CT molecular complexity index is 653. The summed E-state index contributed by atoms with van der Waals surface area (Å²) in [5.74, 6) is -1.14. The van der Waals surface area contributed by atoms with Gasteiger partial charge in [-0.15, -0.1) is 0 Å². The summed E-state index contributed by atoms with van der Waals surface area (Å²) in [6, 6.07) is 2.96. The summed E-state index contributed by atoms with van der Waals surface area (Å²) in [5, 5.41) is 5.63. The lowest BCUT2D eigenvalue weighted by atomic mass is 9.85. The molecule has 136 valence electrons. The number of rotatable bonds is 3. The fourth-order valence-electron chi connectivity index (χ4n) is 2.72. The summed E-state index contributed by atoms with van der Waals surface area (Å²) in [5.41, 5.74) is 0. The van der Waals surface area contributed by atoms with E-state index in [-0.39, 0.29) is 27.6 Å². The quantitative estimate of drug-likeness (QED) is 0.394.